The highest BCUT2D eigenvalue weighted by Gasteiger charge is 2.32. The molecule has 5 nitrogen and oxygen atoms in total. The molecule has 2 fully saturated rings. The van der Waals surface area contributed by atoms with Crippen molar-refractivity contribution >= 4 is 21.6 Å². The highest BCUT2D eigenvalue weighted by molar-refractivity contribution is 7.89. The van der Waals surface area contributed by atoms with Gasteiger partial charge in [0.05, 0.1) is 12.0 Å². The Morgan fingerprint density at radius 1 is 1.43 bits per heavy atom. The Balaban J connectivity index is 1.90. The molecule has 3 rings (SSSR count). The molecule has 2 heterocycles. The van der Waals surface area contributed by atoms with Gasteiger partial charge in [-0.15, -0.1) is 11.6 Å². The van der Waals surface area contributed by atoms with Crippen molar-refractivity contribution < 1.29 is 13.2 Å². The normalized spacial score (nSPS) is 25.0. The predicted molar refractivity (Wildman–Crippen MR) is 81.0 cm³/mol. The Hall–Kier alpha value is -0.560. The maximum atomic E-state index is 12.8. The third-order valence-electron chi connectivity index (χ3n) is 4.04. The highest BCUT2D eigenvalue weighted by Crippen LogP contribution is 2.38. The summed E-state index contributed by atoms with van der Waals surface area (Å²) in [4.78, 5) is 0.360. The molecule has 1 saturated heterocycles. The first kappa shape index (κ1) is 15.3. The topological polar surface area (TPSA) is 51.5 Å². The molecule has 0 bridgehead atoms. The van der Waals surface area contributed by atoms with E-state index >= 15 is 0 Å². The third kappa shape index (κ3) is 3.13. The second kappa shape index (κ2) is 5.91. The van der Waals surface area contributed by atoms with Gasteiger partial charge in [-0.1, -0.05) is 0 Å². The molecule has 7 heteroatoms. The van der Waals surface area contributed by atoms with Crippen molar-refractivity contribution in [2.24, 2.45) is 0 Å². The van der Waals surface area contributed by atoms with E-state index in [1.54, 1.807) is 12.3 Å². The van der Waals surface area contributed by atoms with E-state index in [0.29, 0.717) is 36.5 Å². The Labute approximate surface area is 130 Å². The largest absolute Gasteiger partial charge is 0.377 e. The molecule has 1 unspecified atom stereocenters. The molecule has 1 saturated carbocycles. The summed E-state index contributed by atoms with van der Waals surface area (Å²) in [6.45, 7) is 3.45. The van der Waals surface area contributed by atoms with Crippen LogP contribution in [0.4, 0.5) is 0 Å². The van der Waals surface area contributed by atoms with E-state index in [9.17, 15) is 8.42 Å². The maximum Gasteiger partial charge on any atom is 0.244 e. The van der Waals surface area contributed by atoms with E-state index in [4.69, 9.17) is 16.3 Å². The number of alkyl halides is 1. The number of aromatic nitrogens is 1. The lowest BCUT2D eigenvalue weighted by Gasteiger charge is -2.20. The number of hydrogen-bond donors (Lipinski definition) is 0. The van der Waals surface area contributed by atoms with Crippen molar-refractivity contribution in [3.05, 3.63) is 18.0 Å². The molecule has 1 aliphatic heterocycles. The summed E-state index contributed by atoms with van der Waals surface area (Å²) >= 11 is 5.95. The van der Waals surface area contributed by atoms with E-state index in [2.05, 4.69) is 0 Å². The van der Waals surface area contributed by atoms with Crippen LogP contribution in [0.2, 0.25) is 0 Å². The quantitative estimate of drug-likeness (QED) is 0.795. The fourth-order valence-electron chi connectivity index (χ4n) is 2.76. The zero-order chi connectivity index (χ0) is 15.0. The van der Waals surface area contributed by atoms with Crippen LogP contribution in [0.25, 0.3) is 0 Å². The zero-order valence-electron chi connectivity index (χ0n) is 12.2. The molecule has 1 atom stereocenters. The van der Waals surface area contributed by atoms with Crippen LogP contribution in [0, 0.1) is 0 Å². The number of halogens is 1. The Kier molecular flexibility index (Phi) is 4.32. The molecule has 1 aromatic heterocycles. The predicted octanol–water partition coefficient (Wildman–Crippen LogP) is 2.36. The van der Waals surface area contributed by atoms with Crippen molar-refractivity contribution in [2.45, 2.75) is 49.1 Å². The minimum Gasteiger partial charge on any atom is -0.377 e. The summed E-state index contributed by atoms with van der Waals surface area (Å²) in [7, 11) is -3.46. The Morgan fingerprint density at radius 3 is 2.86 bits per heavy atom. The van der Waals surface area contributed by atoms with Crippen LogP contribution in [0.3, 0.4) is 0 Å². The molecule has 21 heavy (non-hydrogen) atoms. The van der Waals surface area contributed by atoms with Crippen LogP contribution in [-0.2, 0) is 20.6 Å². The molecule has 1 aromatic rings. The lowest BCUT2D eigenvalue weighted by Crippen LogP contribution is -2.35. The van der Waals surface area contributed by atoms with Gasteiger partial charge in [-0.05, 0) is 32.3 Å². The van der Waals surface area contributed by atoms with Gasteiger partial charge in [-0.2, -0.15) is 4.31 Å². The fourth-order valence-corrected chi connectivity index (χ4v) is 4.58. The van der Waals surface area contributed by atoms with Crippen molar-refractivity contribution in [1.29, 1.82) is 0 Å². The summed E-state index contributed by atoms with van der Waals surface area (Å²) in [5.41, 5.74) is 0.886. The fraction of sp³-hybridized carbons (Fsp3) is 0.714. The van der Waals surface area contributed by atoms with Gasteiger partial charge in [0.25, 0.3) is 0 Å². The molecule has 2 aliphatic rings. The van der Waals surface area contributed by atoms with Gasteiger partial charge in [0.1, 0.15) is 4.90 Å². The molecule has 0 amide bonds. The van der Waals surface area contributed by atoms with Crippen molar-refractivity contribution in [3.8, 4) is 0 Å². The Bertz CT molecular complexity index is 610. The average Bonchev–Trinajstić information content (AvgIpc) is 3.23. The monoisotopic (exact) mass is 332 g/mol. The van der Waals surface area contributed by atoms with E-state index in [-0.39, 0.29) is 6.10 Å². The molecule has 0 N–H and O–H groups in total. The first-order valence-corrected chi connectivity index (χ1v) is 9.38. The van der Waals surface area contributed by atoms with Crippen LogP contribution in [0.5, 0.6) is 0 Å². The number of rotatable bonds is 4. The van der Waals surface area contributed by atoms with Crippen molar-refractivity contribution in [1.82, 2.24) is 8.87 Å². The molecule has 0 aromatic carbocycles. The molecular weight excluding hydrogens is 312 g/mol. The van der Waals surface area contributed by atoms with Crippen LogP contribution >= 0.6 is 11.6 Å². The number of nitrogens with zero attached hydrogens (tertiary/aromatic N) is 2. The average molecular weight is 333 g/mol. The lowest BCUT2D eigenvalue weighted by atomic mass is 10.4. The first-order chi connectivity index (χ1) is 10.0. The van der Waals surface area contributed by atoms with Crippen LogP contribution in [0.15, 0.2) is 17.2 Å². The summed E-state index contributed by atoms with van der Waals surface area (Å²) in [5, 5.41) is 0. The van der Waals surface area contributed by atoms with E-state index in [1.807, 2.05) is 11.5 Å². The van der Waals surface area contributed by atoms with Crippen LogP contribution in [0.1, 0.15) is 37.9 Å². The SMILES string of the molecule is CC1CN(S(=O)(=O)c2cc(CCl)n(C3CC3)c2)CCCO1. The second-order valence-electron chi connectivity index (χ2n) is 5.84. The highest BCUT2D eigenvalue weighted by atomic mass is 35.5. The Morgan fingerprint density at radius 2 is 2.19 bits per heavy atom. The van der Waals surface area contributed by atoms with Gasteiger partial charge < -0.3 is 9.30 Å². The standard InChI is InChI=1S/C14H21ClN2O3S/c1-11-9-16(5-2-6-20-11)21(18,19)14-7-13(8-15)17(10-14)12-3-4-12/h7,10-12H,2-6,8-9H2,1H3. The molecule has 0 radical (unpaired) electrons. The summed E-state index contributed by atoms with van der Waals surface area (Å²) in [6.07, 6.45) is 4.62. The summed E-state index contributed by atoms with van der Waals surface area (Å²) < 4.78 is 34.7. The van der Waals surface area contributed by atoms with Gasteiger partial charge in [0.2, 0.25) is 10.0 Å². The first-order valence-electron chi connectivity index (χ1n) is 7.41. The van der Waals surface area contributed by atoms with Gasteiger partial charge in [0, 0.05) is 37.6 Å². The number of sulfonamides is 1. The van der Waals surface area contributed by atoms with Gasteiger partial charge in [-0.25, -0.2) is 8.42 Å². The smallest absolute Gasteiger partial charge is 0.244 e. The lowest BCUT2D eigenvalue weighted by molar-refractivity contribution is 0.0752. The minimum atomic E-state index is -3.46. The maximum absolute atomic E-state index is 12.8. The molecule has 0 spiro atoms. The zero-order valence-corrected chi connectivity index (χ0v) is 13.7. The van der Waals surface area contributed by atoms with Crippen LogP contribution < -0.4 is 0 Å². The van der Waals surface area contributed by atoms with Crippen molar-refractivity contribution in [3.63, 3.8) is 0 Å². The second-order valence-corrected chi connectivity index (χ2v) is 8.04. The van der Waals surface area contributed by atoms with E-state index in [0.717, 1.165) is 25.0 Å². The van der Waals surface area contributed by atoms with Gasteiger partial charge in [0.15, 0.2) is 0 Å². The molecule has 118 valence electrons. The molecule has 1 aliphatic carbocycles. The number of ether oxygens (including phenoxy) is 1. The minimum absolute atomic E-state index is 0.0692. The number of hydrogen-bond acceptors (Lipinski definition) is 3. The summed E-state index contributed by atoms with van der Waals surface area (Å²) in [6, 6.07) is 2.14. The third-order valence-corrected chi connectivity index (χ3v) is 6.14. The van der Waals surface area contributed by atoms with Crippen LogP contribution in [-0.4, -0.2) is 43.1 Å². The van der Waals surface area contributed by atoms with E-state index in [1.165, 1.54) is 4.31 Å². The summed E-state index contributed by atoms with van der Waals surface area (Å²) in [5.74, 6) is 0.339. The molecular formula is C14H21ClN2O3S. The van der Waals surface area contributed by atoms with E-state index < -0.39 is 10.0 Å². The van der Waals surface area contributed by atoms with Crippen molar-refractivity contribution in [2.75, 3.05) is 19.7 Å². The van der Waals surface area contributed by atoms with Gasteiger partial charge >= 0.3 is 0 Å². The van der Waals surface area contributed by atoms with Gasteiger partial charge in [-0.3, -0.25) is 0 Å².